The number of hydrogen-bond acceptors (Lipinski definition) is 4. The van der Waals surface area contributed by atoms with Crippen molar-refractivity contribution < 1.29 is 4.79 Å². The molecule has 5 heteroatoms. The first-order valence-electron chi connectivity index (χ1n) is 6.48. The highest BCUT2D eigenvalue weighted by molar-refractivity contribution is 8.19. The molecule has 22 heavy (non-hydrogen) atoms. The summed E-state index contributed by atoms with van der Waals surface area (Å²) in [5.74, 6) is 2.81. The van der Waals surface area contributed by atoms with E-state index in [1.807, 2.05) is 42.5 Å². The molecule has 0 unspecified atom stereocenters. The molecule has 0 aliphatic heterocycles. The van der Waals surface area contributed by atoms with Crippen molar-refractivity contribution in [3.63, 3.8) is 0 Å². The van der Waals surface area contributed by atoms with Gasteiger partial charge in [-0.05, 0) is 53.4 Å². The average molecular weight is 329 g/mol. The van der Waals surface area contributed by atoms with Crippen molar-refractivity contribution in [3.8, 4) is 11.2 Å². The van der Waals surface area contributed by atoms with Crippen molar-refractivity contribution >= 4 is 39.9 Å². The van der Waals surface area contributed by atoms with Crippen molar-refractivity contribution in [2.45, 2.75) is 6.92 Å². The summed E-state index contributed by atoms with van der Waals surface area (Å²) in [6.45, 7) is 1.46. The van der Waals surface area contributed by atoms with E-state index >= 15 is 0 Å². The number of nitrogens with one attached hydrogen (secondary N) is 1. The van der Waals surface area contributed by atoms with Gasteiger partial charge in [-0.25, -0.2) is 0 Å². The van der Waals surface area contributed by atoms with Crippen LogP contribution < -0.4 is 5.43 Å². The minimum absolute atomic E-state index is 0.140. The molecule has 2 rings (SSSR count). The number of rotatable bonds is 3. The highest BCUT2D eigenvalue weighted by atomic mass is 35.5. The molecular weight excluding hydrogens is 316 g/mol. The third-order valence-corrected chi connectivity index (χ3v) is 3.58. The summed E-state index contributed by atoms with van der Waals surface area (Å²) in [5.41, 5.74) is 4.49. The molecule has 0 saturated carbocycles. The molecule has 0 aliphatic rings. The second-order valence-corrected chi connectivity index (χ2v) is 5.52. The van der Waals surface area contributed by atoms with Crippen LogP contribution in [0.2, 0.25) is 5.02 Å². The molecule has 0 heterocycles. The van der Waals surface area contributed by atoms with Crippen LogP contribution >= 0.6 is 23.4 Å². The molecule has 110 valence electrons. The number of carbonyl (C=O) groups excluding carboxylic acids is 1. The Balaban J connectivity index is 2.03. The number of anilines is 1. The van der Waals surface area contributed by atoms with E-state index in [-0.39, 0.29) is 5.78 Å². The summed E-state index contributed by atoms with van der Waals surface area (Å²) in [6.07, 6.45) is 0. The summed E-state index contributed by atoms with van der Waals surface area (Å²) in [4.78, 5) is 11.6. The average Bonchev–Trinajstić information content (AvgIpc) is 2.53. The second-order valence-electron chi connectivity index (χ2n) is 4.29. The molecule has 2 aromatic rings. The van der Waals surface area contributed by atoms with E-state index in [4.69, 9.17) is 11.6 Å². The van der Waals surface area contributed by atoms with E-state index in [0.717, 1.165) is 23.0 Å². The Labute approximate surface area is 138 Å². The minimum atomic E-state index is -0.140. The van der Waals surface area contributed by atoms with Crippen LogP contribution in [0, 0.1) is 11.2 Å². The smallest absolute Gasteiger partial charge is 0.187 e. The topological polar surface area (TPSA) is 41.5 Å². The molecule has 3 nitrogen and oxygen atoms in total. The molecule has 0 atom stereocenters. The molecule has 0 aliphatic carbocycles. The monoisotopic (exact) mass is 328 g/mol. The maximum absolute atomic E-state index is 11.6. The highest BCUT2D eigenvalue weighted by Crippen LogP contribution is 2.11. The predicted molar refractivity (Wildman–Crippen MR) is 94.1 cm³/mol. The van der Waals surface area contributed by atoms with Gasteiger partial charge in [0.25, 0.3) is 0 Å². The van der Waals surface area contributed by atoms with Gasteiger partial charge >= 0.3 is 0 Å². The normalized spacial score (nSPS) is 10.5. The van der Waals surface area contributed by atoms with Crippen molar-refractivity contribution in [2.24, 2.45) is 5.10 Å². The molecule has 0 radical (unpaired) electrons. The Hall–Kier alpha value is -2.22. The lowest BCUT2D eigenvalue weighted by Crippen LogP contribution is -2.07. The van der Waals surface area contributed by atoms with Gasteiger partial charge in [0.05, 0.1) is 5.69 Å². The summed E-state index contributed by atoms with van der Waals surface area (Å²) < 4.78 is 0. The zero-order valence-electron chi connectivity index (χ0n) is 11.8. The summed E-state index contributed by atoms with van der Waals surface area (Å²) in [5, 5.41) is 7.94. The van der Waals surface area contributed by atoms with Crippen LogP contribution in [0.1, 0.15) is 12.5 Å². The van der Waals surface area contributed by atoms with Crippen LogP contribution in [0.3, 0.4) is 0 Å². The lowest BCUT2D eigenvalue weighted by Gasteiger charge is -2.01. The Morgan fingerprint density at radius 1 is 1.14 bits per heavy atom. The molecule has 0 aromatic heterocycles. The molecule has 0 saturated heterocycles. The second kappa shape index (κ2) is 8.28. The number of thioether (sulfide) groups is 1. The van der Waals surface area contributed by atoms with Gasteiger partial charge in [0, 0.05) is 17.5 Å². The van der Waals surface area contributed by atoms with Crippen LogP contribution in [0.4, 0.5) is 5.69 Å². The fraction of sp³-hybridized carbons (Fsp3) is 0.0588. The van der Waals surface area contributed by atoms with Gasteiger partial charge in [0.1, 0.15) is 0 Å². The lowest BCUT2D eigenvalue weighted by atomic mass is 10.2. The standard InChI is InChI=1S/C17H13ClN2OS/c1-13(21)17(20-19-16-5-3-2-4-6-16)22-12-11-14-7-9-15(18)10-8-14/h2-10,19H,1H3/b20-17-. The van der Waals surface area contributed by atoms with Crippen LogP contribution in [-0.2, 0) is 4.79 Å². The molecule has 0 fully saturated rings. The number of Topliss-reactive ketones (excluding diaryl/α,β-unsaturated/α-hetero) is 1. The first-order chi connectivity index (χ1) is 10.6. The number of ketones is 1. The Morgan fingerprint density at radius 2 is 1.82 bits per heavy atom. The Morgan fingerprint density at radius 3 is 2.45 bits per heavy atom. The third-order valence-electron chi connectivity index (χ3n) is 2.55. The first kappa shape index (κ1) is 16.2. The number of benzene rings is 2. The van der Waals surface area contributed by atoms with E-state index in [1.54, 1.807) is 12.1 Å². The van der Waals surface area contributed by atoms with Crippen molar-refractivity contribution in [2.75, 3.05) is 5.43 Å². The lowest BCUT2D eigenvalue weighted by molar-refractivity contribution is -0.110. The maximum Gasteiger partial charge on any atom is 0.187 e. The van der Waals surface area contributed by atoms with Crippen molar-refractivity contribution in [1.29, 1.82) is 0 Å². The summed E-state index contributed by atoms with van der Waals surface area (Å²) in [6, 6.07) is 16.6. The number of nitrogens with zero attached hydrogens (tertiary/aromatic N) is 1. The van der Waals surface area contributed by atoms with Crippen LogP contribution in [-0.4, -0.2) is 10.8 Å². The maximum atomic E-state index is 11.6. The van der Waals surface area contributed by atoms with Crippen LogP contribution in [0.15, 0.2) is 59.7 Å². The minimum Gasteiger partial charge on any atom is -0.292 e. The predicted octanol–water partition coefficient (Wildman–Crippen LogP) is 4.40. The van der Waals surface area contributed by atoms with Crippen molar-refractivity contribution in [1.82, 2.24) is 0 Å². The first-order valence-corrected chi connectivity index (χ1v) is 7.68. The van der Waals surface area contributed by atoms with E-state index in [1.165, 1.54) is 6.92 Å². The fourth-order valence-corrected chi connectivity index (χ4v) is 2.09. The van der Waals surface area contributed by atoms with Gasteiger partial charge in [0.2, 0.25) is 0 Å². The third kappa shape index (κ3) is 5.28. The zero-order valence-corrected chi connectivity index (χ0v) is 13.4. The molecule has 0 spiro atoms. The quantitative estimate of drug-likeness (QED) is 0.393. The SMILES string of the molecule is CC(=O)/C(=N/Nc1ccccc1)SC#Cc1ccc(Cl)cc1. The molecule has 0 bridgehead atoms. The van der Waals surface area contributed by atoms with E-state index < -0.39 is 0 Å². The molecule has 0 amide bonds. The van der Waals surface area contributed by atoms with Gasteiger partial charge in [0.15, 0.2) is 10.8 Å². The van der Waals surface area contributed by atoms with Crippen LogP contribution in [0.5, 0.6) is 0 Å². The van der Waals surface area contributed by atoms with Crippen molar-refractivity contribution in [3.05, 3.63) is 65.2 Å². The molecular formula is C17H13ClN2OS. The Bertz CT molecular complexity index is 731. The van der Waals surface area contributed by atoms with E-state index in [2.05, 4.69) is 21.7 Å². The summed E-state index contributed by atoms with van der Waals surface area (Å²) in [7, 11) is 0. The number of para-hydroxylation sites is 1. The number of carbonyl (C=O) groups is 1. The van der Waals surface area contributed by atoms with Gasteiger partial charge < -0.3 is 0 Å². The van der Waals surface area contributed by atoms with Gasteiger partial charge in [-0.3, -0.25) is 10.2 Å². The van der Waals surface area contributed by atoms with E-state index in [0.29, 0.717) is 10.1 Å². The van der Waals surface area contributed by atoms with Gasteiger partial charge in [-0.1, -0.05) is 35.7 Å². The Kier molecular flexibility index (Phi) is 6.08. The van der Waals surface area contributed by atoms with Gasteiger partial charge in [-0.15, -0.1) is 0 Å². The van der Waals surface area contributed by atoms with Crippen LogP contribution in [0.25, 0.3) is 0 Å². The molecule has 1 N–H and O–H groups in total. The fourth-order valence-electron chi connectivity index (χ4n) is 1.47. The zero-order chi connectivity index (χ0) is 15.8. The van der Waals surface area contributed by atoms with Gasteiger partial charge in [-0.2, -0.15) is 5.10 Å². The largest absolute Gasteiger partial charge is 0.292 e. The number of hydrogen-bond donors (Lipinski definition) is 1. The number of halogens is 1. The van der Waals surface area contributed by atoms with E-state index in [9.17, 15) is 4.79 Å². The summed E-state index contributed by atoms with van der Waals surface area (Å²) >= 11 is 6.90. The molecule has 2 aromatic carbocycles. The number of hydrazone groups is 1. The highest BCUT2D eigenvalue weighted by Gasteiger charge is 2.05.